The van der Waals surface area contributed by atoms with E-state index in [0.717, 1.165) is 0 Å². The van der Waals surface area contributed by atoms with Gasteiger partial charge in [-0.25, -0.2) is 4.79 Å². The largest absolute Gasteiger partial charge is 0.479 e. The first-order valence-electron chi connectivity index (χ1n) is 14.2. The van der Waals surface area contributed by atoms with Crippen LogP contribution in [0.2, 0.25) is 0 Å². The topological polar surface area (TPSA) is 256 Å². The highest BCUT2D eigenvalue weighted by Gasteiger charge is 2.48. The van der Waals surface area contributed by atoms with E-state index in [1.54, 1.807) is 13.8 Å². The zero-order valence-corrected chi connectivity index (χ0v) is 24.9. The van der Waals surface area contributed by atoms with Gasteiger partial charge in [0.15, 0.2) is 6.10 Å². The average Bonchev–Trinajstić information content (AvgIpc) is 2.96. The van der Waals surface area contributed by atoms with Gasteiger partial charge in [-0.3, -0.25) is 19.2 Å². The summed E-state index contributed by atoms with van der Waals surface area (Å²) in [6.07, 6.45) is -7.84. The third-order valence-electron chi connectivity index (χ3n) is 6.57. The monoisotopic (exact) mass is 624 g/mol. The Morgan fingerprint density at radius 3 is 2.32 bits per heavy atom. The second-order valence-electron chi connectivity index (χ2n) is 10.6. The van der Waals surface area contributed by atoms with E-state index in [1.165, 1.54) is 26.0 Å². The number of nitrogens with two attached hydrogens (primary N) is 1. The quantitative estimate of drug-likeness (QED) is 0.0728. The number of carbonyl (C=O) groups is 5. The van der Waals surface area contributed by atoms with Crippen LogP contribution >= 0.6 is 0 Å². The molecular formula is C27H41BN4O12. The summed E-state index contributed by atoms with van der Waals surface area (Å²) < 4.78 is 15.7. The van der Waals surface area contributed by atoms with Gasteiger partial charge in [0.1, 0.15) is 30.7 Å². The lowest BCUT2D eigenvalue weighted by molar-refractivity contribution is -0.271. The molecule has 6 atom stereocenters. The lowest BCUT2D eigenvalue weighted by Crippen LogP contribution is -2.61. The van der Waals surface area contributed by atoms with Gasteiger partial charge < -0.3 is 56.3 Å². The number of unbranched alkanes of at least 4 members (excludes halogenated alkanes) is 1. The van der Waals surface area contributed by atoms with Crippen LogP contribution in [0, 0.1) is 5.92 Å². The molecule has 0 radical (unpaired) electrons. The van der Waals surface area contributed by atoms with Gasteiger partial charge >= 0.3 is 5.97 Å². The van der Waals surface area contributed by atoms with Gasteiger partial charge in [0.2, 0.25) is 37.7 Å². The van der Waals surface area contributed by atoms with E-state index in [1.807, 2.05) is 0 Å². The predicted molar refractivity (Wildman–Crippen MR) is 156 cm³/mol. The molecule has 44 heavy (non-hydrogen) atoms. The van der Waals surface area contributed by atoms with Crippen molar-refractivity contribution in [3.8, 4) is 5.75 Å². The van der Waals surface area contributed by atoms with Gasteiger partial charge in [0.05, 0.1) is 11.7 Å². The molecular weight excluding hydrogens is 583 g/mol. The second-order valence-corrected chi connectivity index (χ2v) is 10.6. The van der Waals surface area contributed by atoms with Crippen LogP contribution in [0.3, 0.4) is 0 Å². The highest BCUT2D eigenvalue weighted by molar-refractivity contribution is 6.55. The van der Waals surface area contributed by atoms with Gasteiger partial charge in [-0.1, -0.05) is 19.9 Å². The maximum absolute atomic E-state index is 12.7. The minimum Gasteiger partial charge on any atom is -0.479 e. The predicted octanol–water partition coefficient (Wildman–Crippen LogP) is -2.06. The number of aliphatic carboxylic acids is 1. The molecule has 0 aliphatic carbocycles. The van der Waals surface area contributed by atoms with Gasteiger partial charge in [-0.2, -0.15) is 0 Å². The first-order chi connectivity index (χ1) is 20.7. The van der Waals surface area contributed by atoms with E-state index in [4.69, 9.17) is 19.9 Å². The summed E-state index contributed by atoms with van der Waals surface area (Å²) >= 11 is 0. The lowest BCUT2D eigenvalue weighted by Gasteiger charge is -2.38. The number of hydrogen-bond acceptors (Lipinski definition) is 12. The molecule has 1 fully saturated rings. The zero-order chi connectivity index (χ0) is 33.0. The fourth-order valence-corrected chi connectivity index (χ4v) is 4.01. The summed E-state index contributed by atoms with van der Waals surface area (Å²) in [5.41, 5.74) is 6.39. The summed E-state index contributed by atoms with van der Waals surface area (Å²) in [6.45, 7) is 3.86. The van der Waals surface area contributed by atoms with Crippen molar-refractivity contribution in [2.24, 2.45) is 11.7 Å². The van der Waals surface area contributed by atoms with Crippen molar-refractivity contribution in [3.63, 3.8) is 0 Å². The van der Waals surface area contributed by atoms with Crippen LogP contribution in [0.5, 0.6) is 5.75 Å². The van der Waals surface area contributed by atoms with Gasteiger partial charge in [0.25, 0.3) is 0 Å². The normalized spacial score (nSPS) is 22.0. The van der Waals surface area contributed by atoms with E-state index in [9.17, 15) is 44.4 Å². The highest BCUT2D eigenvalue weighted by Crippen LogP contribution is 2.31. The fraction of sp³-hybridized carbons (Fsp3) is 0.593. The molecule has 9 N–H and O–H groups in total. The molecule has 0 bridgehead atoms. The van der Waals surface area contributed by atoms with Gasteiger partial charge in [-0.15, -0.1) is 0 Å². The first-order valence-corrected chi connectivity index (χ1v) is 14.2. The third-order valence-corrected chi connectivity index (χ3v) is 6.57. The van der Waals surface area contributed by atoms with Crippen LogP contribution < -0.4 is 26.4 Å². The molecule has 1 aliphatic heterocycles. The van der Waals surface area contributed by atoms with Crippen molar-refractivity contribution in [2.75, 3.05) is 18.4 Å². The number of anilines is 1. The smallest absolute Gasteiger partial charge is 0.335 e. The fourth-order valence-electron chi connectivity index (χ4n) is 4.01. The SMILES string of the molecule is BC(=O)OCc1ccc(O[C@@H]2O[C@H](C(=O)O)[C@@H](O)[C@H](O)[C@H]2O)c(NC(=O)CCNC(=O)C(N)CCCCNC(=O)C(C)C)c1. The number of benzene rings is 1. The van der Waals surface area contributed by atoms with Crippen LogP contribution in [0.1, 0.15) is 45.1 Å². The van der Waals surface area contributed by atoms with Crippen molar-refractivity contribution in [2.45, 2.75) is 82.9 Å². The Kier molecular flexibility index (Phi) is 14.5. The number of nitrogens with one attached hydrogen (secondary N) is 3. The number of hydrogen-bond donors (Lipinski definition) is 8. The Morgan fingerprint density at radius 2 is 1.68 bits per heavy atom. The van der Waals surface area contributed by atoms with E-state index in [2.05, 4.69) is 16.0 Å². The molecule has 2 rings (SSSR count). The summed E-state index contributed by atoms with van der Waals surface area (Å²) in [7, 11) is 1.22. The number of carbonyl (C=O) groups excluding carboxylic acids is 4. The van der Waals surface area contributed by atoms with Crippen molar-refractivity contribution in [3.05, 3.63) is 23.8 Å². The van der Waals surface area contributed by atoms with Crippen molar-refractivity contribution < 1.29 is 58.6 Å². The number of aliphatic hydroxyl groups is 3. The van der Waals surface area contributed by atoms with Crippen LogP contribution in [0.4, 0.5) is 10.5 Å². The Balaban J connectivity index is 1.98. The second kappa shape index (κ2) is 17.5. The molecule has 0 aromatic heterocycles. The van der Waals surface area contributed by atoms with E-state index in [-0.39, 0.29) is 42.8 Å². The van der Waals surface area contributed by atoms with Crippen molar-refractivity contribution in [1.82, 2.24) is 10.6 Å². The molecule has 0 saturated carbocycles. The molecule has 1 saturated heterocycles. The maximum Gasteiger partial charge on any atom is 0.335 e. The molecule has 16 nitrogen and oxygen atoms in total. The van der Waals surface area contributed by atoms with Crippen LogP contribution in [-0.4, -0.2) is 108 Å². The van der Waals surface area contributed by atoms with Crippen molar-refractivity contribution in [1.29, 1.82) is 0 Å². The molecule has 1 aromatic rings. The molecule has 3 amide bonds. The minimum absolute atomic E-state index is 0.0236. The third kappa shape index (κ3) is 11.4. The summed E-state index contributed by atoms with van der Waals surface area (Å²) in [5, 5.41) is 47.5. The molecule has 244 valence electrons. The summed E-state index contributed by atoms with van der Waals surface area (Å²) in [5.74, 6) is -3.43. The number of aliphatic hydroxyl groups excluding tert-OH is 3. The van der Waals surface area contributed by atoms with E-state index < -0.39 is 60.4 Å². The maximum atomic E-state index is 12.7. The van der Waals surface area contributed by atoms with Crippen LogP contribution in [-0.2, 0) is 35.3 Å². The molecule has 0 spiro atoms. The average molecular weight is 624 g/mol. The minimum atomic E-state index is -1.92. The Labute approximate surface area is 255 Å². The Hall–Kier alpha value is -3.77. The molecule has 1 unspecified atom stereocenters. The molecule has 1 heterocycles. The number of ether oxygens (including phenoxy) is 3. The van der Waals surface area contributed by atoms with Gasteiger partial charge in [0, 0.05) is 25.4 Å². The Morgan fingerprint density at radius 1 is 1.00 bits per heavy atom. The van der Waals surface area contributed by atoms with Crippen LogP contribution in [0.25, 0.3) is 0 Å². The van der Waals surface area contributed by atoms with E-state index >= 15 is 0 Å². The standard InChI is InChI=1S/C27H41BN4O12/c1-13(2)23(37)30-9-4-3-5-15(29)24(38)31-10-8-18(33)32-16-11-14(12-42-27(28)41)6-7-17(16)43-26-21(36)19(34)20(35)22(44-26)25(39)40/h6-7,11,13,15,19-22,26,34-36H,3-5,8-10,12,28-29H2,1-2H3,(H,30,37)(H,31,38)(H,32,33)(H,39,40)/t15?,19-,20-,21+,22-,26+/m0/s1. The molecule has 17 heteroatoms. The van der Waals surface area contributed by atoms with Crippen LogP contribution in [0.15, 0.2) is 18.2 Å². The number of carboxylic acid groups (broad SMARTS) is 1. The number of carboxylic acids is 1. The summed E-state index contributed by atoms with van der Waals surface area (Å²) in [6, 6.07) is 3.42. The Bertz CT molecular complexity index is 1170. The number of rotatable bonds is 16. The summed E-state index contributed by atoms with van der Waals surface area (Å²) in [4.78, 5) is 59.3. The lowest BCUT2D eigenvalue weighted by atomic mass is 9.99. The highest BCUT2D eigenvalue weighted by atomic mass is 16.7. The molecule has 1 aliphatic rings. The number of amides is 3. The zero-order valence-electron chi connectivity index (χ0n) is 24.9. The van der Waals surface area contributed by atoms with E-state index in [0.29, 0.717) is 31.4 Å². The van der Waals surface area contributed by atoms with Crippen molar-refractivity contribution >= 4 is 43.1 Å². The molecule has 1 aromatic carbocycles. The first kappa shape index (κ1) is 36.4. The van der Waals surface area contributed by atoms with Gasteiger partial charge in [-0.05, 0) is 37.0 Å².